The molecule has 0 spiro atoms. The van der Waals surface area contributed by atoms with E-state index in [9.17, 15) is 4.79 Å². The molecule has 2 aromatic rings. The number of nitrogens with two attached hydrogens (primary N) is 1. The smallest absolute Gasteiger partial charge is 0.167 e. The summed E-state index contributed by atoms with van der Waals surface area (Å²) in [5.41, 5.74) is 9.16. The number of aromatic nitrogens is 1. The van der Waals surface area contributed by atoms with E-state index in [0.717, 1.165) is 5.56 Å². The van der Waals surface area contributed by atoms with Crippen molar-refractivity contribution in [2.24, 2.45) is 0 Å². The third kappa shape index (κ3) is 3.19. The Bertz CT molecular complexity index is 574. The topological polar surface area (TPSA) is 56.0 Å². The summed E-state index contributed by atoms with van der Waals surface area (Å²) in [6.07, 6.45) is 3.57. The molecule has 19 heavy (non-hydrogen) atoms. The Kier molecular flexibility index (Phi) is 3.95. The highest BCUT2D eigenvalue weighted by molar-refractivity contribution is 5.98. The van der Waals surface area contributed by atoms with Crippen LogP contribution in [0, 0.1) is 0 Å². The van der Waals surface area contributed by atoms with Crippen LogP contribution in [0.15, 0.2) is 42.7 Å². The minimum atomic E-state index is 0.0648. The molecule has 2 rings (SSSR count). The number of carbonyl (C=O) groups excluding carboxylic acids is 1. The zero-order chi connectivity index (χ0) is 13.8. The highest BCUT2D eigenvalue weighted by Crippen LogP contribution is 2.17. The van der Waals surface area contributed by atoms with Gasteiger partial charge < -0.3 is 5.73 Å². The summed E-state index contributed by atoms with van der Waals surface area (Å²) in [4.78, 5) is 16.2. The van der Waals surface area contributed by atoms with Gasteiger partial charge >= 0.3 is 0 Å². The van der Waals surface area contributed by atoms with Crippen LogP contribution in [0.1, 0.15) is 41.3 Å². The van der Waals surface area contributed by atoms with E-state index < -0.39 is 0 Å². The molecule has 1 aromatic heterocycles. The van der Waals surface area contributed by atoms with E-state index >= 15 is 0 Å². The zero-order valence-corrected chi connectivity index (χ0v) is 11.3. The first kappa shape index (κ1) is 13.3. The van der Waals surface area contributed by atoms with Crippen molar-refractivity contribution in [2.45, 2.75) is 26.2 Å². The molecule has 0 aliphatic carbocycles. The lowest BCUT2D eigenvalue weighted by Crippen LogP contribution is -2.06. The molecule has 0 unspecified atom stereocenters. The Morgan fingerprint density at radius 2 is 1.89 bits per heavy atom. The molecular formula is C16H18N2O. The van der Waals surface area contributed by atoms with Crippen LogP contribution in [0.3, 0.4) is 0 Å². The fraction of sp³-hybridized carbons (Fsp3) is 0.250. The second kappa shape index (κ2) is 5.65. The maximum absolute atomic E-state index is 12.2. The van der Waals surface area contributed by atoms with Crippen molar-refractivity contribution in [3.8, 4) is 0 Å². The Morgan fingerprint density at radius 1 is 1.21 bits per heavy atom. The van der Waals surface area contributed by atoms with Crippen LogP contribution in [0.25, 0.3) is 0 Å². The highest BCUT2D eigenvalue weighted by Gasteiger charge is 2.09. The third-order valence-electron chi connectivity index (χ3n) is 3.19. The van der Waals surface area contributed by atoms with E-state index in [1.165, 1.54) is 5.56 Å². The van der Waals surface area contributed by atoms with E-state index in [0.29, 0.717) is 23.6 Å². The van der Waals surface area contributed by atoms with Crippen molar-refractivity contribution in [3.05, 3.63) is 59.4 Å². The highest BCUT2D eigenvalue weighted by atomic mass is 16.1. The number of nitrogens with zero attached hydrogens (tertiary/aromatic N) is 1. The predicted molar refractivity (Wildman–Crippen MR) is 77.2 cm³/mol. The molecule has 0 aliphatic heterocycles. The second-order valence-electron chi connectivity index (χ2n) is 4.95. The molecule has 0 fully saturated rings. The standard InChI is InChI=1S/C16H18N2O/c1-11(2)12-3-5-13(6-4-12)16(19)9-14-10-18-8-7-15(14)17/h3-8,10-11H,9H2,1-2H3,(H2,17,18). The van der Waals surface area contributed by atoms with E-state index in [1.54, 1.807) is 18.5 Å². The van der Waals surface area contributed by atoms with Crippen molar-refractivity contribution in [1.82, 2.24) is 4.98 Å². The molecule has 98 valence electrons. The van der Waals surface area contributed by atoms with Gasteiger partial charge in [0.1, 0.15) is 0 Å². The molecule has 2 N–H and O–H groups in total. The molecule has 0 amide bonds. The summed E-state index contributed by atoms with van der Waals surface area (Å²) in [6.45, 7) is 4.26. The maximum atomic E-state index is 12.2. The summed E-state index contributed by atoms with van der Waals surface area (Å²) in [6, 6.07) is 9.48. The monoisotopic (exact) mass is 254 g/mol. The fourth-order valence-corrected chi connectivity index (χ4v) is 1.91. The minimum absolute atomic E-state index is 0.0648. The summed E-state index contributed by atoms with van der Waals surface area (Å²) < 4.78 is 0. The molecule has 0 radical (unpaired) electrons. The van der Waals surface area contributed by atoms with Crippen LogP contribution < -0.4 is 5.73 Å². The van der Waals surface area contributed by atoms with Gasteiger partial charge in [0.2, 0.25) is 0 Å². The first-order valence-electron chi connectivity index (χ1n) is 6.39. The van der Waals surface area contributed by atoms with Crippen molar-refractivity contribution in [2.75, 3.05) is 5.73 Å². The number of carbonyl (C=O) groups is 1. The van der Waals surface area contributed by atoms with Gasteiger partial charge in [-0.2, -0.15) is 0 Å². The van der Waals surface area contributed by atoms with Gasteiger partial charge in [0.05, 0.1) is 0 Å². The summed E-state index contributed by atoms with van der Waals surface area (Å²) in [7, 11) is 0. The molecule has 0 aliphatic rings. The molecule has 0 atom stereocenters. The number of rotatable bonds is 4. The molecule has 1 aromatic carbocycles. The first-order valence-corrected chi connectivity index (χ1v) is 6.39. The van der Waals surface area contributed by atoms with Gasteiger partial charge in [0, 0.05) is 35.6 Å². The predicted octanol–water partition coefficient (Wildman–Crippen LogP) is 3.21. The lowest BCUT2D eigenvalue weighted by Gasteiger charge is -2.07. The van der Waals surface area contributed by atoms with E-state index in [4.69, 9.17) is 5.73 Å². The normalized spacial score (nSPS) is 10.7. The number of benzene rings is 1. The van der Waals surface area contributed by atoms with Gasteiger partial charge in [-0.1, -0.05) is 38.1 Å². The average Bonchev–Trinajstić information content (AvgIpc) is 2.41. The maximum Gasteiger partial charge on any atom is 0.167 e. The fourth-order valence-electron chi connectivity index (χ4n) is 1.91. The number of anilines is 1. The van der Waals surface area contributed by atoms with Gasteiger partial charge in [-0.05, 0) is 17.5 Å². The van der Waals surface area contributed by atoms with E-state index in [2.05, 4.69) is 18.8 Å². The molecule has 0 saturated heterocycles. The quantitative estimate of drug-likeness (QED) is 0.852. The lowest BCUT2D eigenvalue weighted by atomic mass is 9.98. The molecule has 3 heteroatoms. The average molecular weight is 254 g/mol. The van der Waals surface area contributed by atoms with Crippen LogP contribution in [-0.4, -0.2) is 10.8 Å². The molecule has 3 nitrogen and oxygen atoms in total. The number of hydrogen-bond acceptors (Lipinski definition) is 3. The number of hydrogen-bond donors (Lipinski definition) is 1. The number of ketones is 1. The third-order valence-corrected chi connectivity index (χ3v) is 3.19. The van der Waals surface area contributed by atoms with Gasteiger partial charge in [-0.15, -0.1) is 0 Å². The molecule has 0 saturated carbocycles. The Labute approximate surface area is 113 Å². The molecule has 1 heterocycles. The number of nitrogen functional groups attached to an aromatic ring is 1. The van der Waals surface area contributed by atoms with Crippen molar-refractivity contribution in [1.29, 1.82) is 0 Å². The molecule has 0 bridgehead atoms. The second-order valence-corrected chi connectivity index (χ2v) is 4.95. The Balaban J connectivity index is 2.14. The van der Waals surface area contributed by atoms with Crippen molar-refractivity contribution >= 4 is 11.5 Å². The van der Waals surface area contributed by atoms with Gasteiger partial charge in [-0.25, -0.2) is 0 Å². The summed E-state index contributed by atoms with van der Waals surface area (Å²) >= 11 is 0. The summed E-state index contributed by atoms with van der Waals surface area (Å²) in [5, 5.41) is 0. The zero-order valence-electron chi connectivity index (χ0n) is 11.3. The number of Topliss-reactive ketones (excluding diaryl/α,β-unsaturated/α-hetero) is 1. The minimum Gasteiger partial charge on any atom is -0.398 e. The van der Waals surface area contributed by atoms with Crippen molar-refractivity contribution in [3.63, 3.8) is 0 Å². The first-order chi connectivity index (χ1) is 9.08. The number of pyridine rings is 1. The van der Waals surface area contributed by atoms with Gasteiger partial charge in [-0.3, -0.25) is 9.78 Å². The SMILES string of the molecule is CC(C)c1ccc(C(=O)Cc2cnccc2N)cc1. The van der Waals surface area contributed by atoms with Gasteiger partial charge in [0.15, 0.2) is 5.78 Å². The largest absolute Gasteiger partial charge is 0.398 e. The van der Waals surface area contributed by atoms with Crippen LogP contribution in [0.4, 0.5) is 5.69 Å². The van der Waals surface area contributed by atoms with Crippen LogP contribution in [0.5, 0.6) is 0 Å². The van der Waals surface area contributed by atoms with Crippen LogP contribution >= 0.6 is 0 Å². The lowest BCUT2D eigenvalue weighted by molar-refractivity contribution is 0.0993. The van der Waals surface area contributed by atoms with Crippen LogP contribution in [-0.2, 0) is 6.42 Å². The van der Waals surface area contributed by atoms with Crippen molar-refractivity contribution < 1.29 is 4.79 Å². The van der Waals surface area contributed by atoms with E-state index in [-0.39, 0.29) is 5.78 Å². The Morgan fingerprint density at radius 3 is 2.47 bits per heavy atom. The Hall–Kier alpha value is -2.16. The van der Waals surface area contributed by atoms with E-state index in [1.807, 2.05) is 24.3 Å². The van der Waals surface area contributed by atoms with Crippen LogP contribution in [0.2, 0.25) is 0 Å². The van der Waals surface area contributed by atoms with Gasteiger partial charge in [0.25, 0.3) is 0 Å². The summed E-state index contributed by atoms with van der Waals surface area (Å²) in [5.74, 6) is 0.535. The molecular weight excluding hydrogens is 236 g/mol.